The Bertz CT molecular complexity index is 151. The van der Waals surface area contributed by atoms with Crippen molar-refractivity contribution in [3.05, 3.63) is 37.0 Å². The van der Waals surface area contributed by atoms with Crippen LogP contribution < -0.4 is 0 Å². The zero-order valence-corrected chi connectivity index (χ0v) is 8.18. The molecule has 0 aliphatic rings. The van der Waals surface area contributed by atoms with E-state index in [1.807, 2.05) is 12.2 Å². The van der Waals surface area contributed by atoms with Gasteiger partial charge in [0.15, 0.2) is 0 Å². The second-order valence-electron chi connectivity index (χ2n) is 3.14. The van der Waals surface area contributed by atoms with Gasteiger partial charge in [-0.3, -0.25) is 0 Å². The van der Waals surface area contributed by atoms with Crippen LogP contribution in [0.2, 0.25) is 0 Å². The molecule has 0 aliphatic heterocycles. The highest BCUT2D eigenvalue weighted by Gasteiger charge is 1.89. The van der Waals surface area contributed by atoms with Crippen molar-refractivity contribution < 1.29 is 0 Å². The van der Waals surface area contributed by atoms with Gasteiger partial charge in [-0.25, -0.2) is 0 Å². The molecular weight excluding hydrogens is 144 g/mol. The Kier molecular flexibility index (Phi) is 7.78. The second kappa shape index (κ2) is 8.32. The van der Waals surface area contributed by atoms with Crippen LogP contribution in [0.1, 0.15) is 39.0 Å². The Morgan fingerprint density at radius 1 is 1.17 bits per heavy atom. The molecule has 0 aromatic rings. The Balaban J connectivity index is 3.24. The van der Waals surface area contributed by atoms with E-state index in [1.165, 1.54) is 31.3 Å². The lowest BCUT2D eigenvalue weighted by atomic mass is 10.1. The molecule has 0 aromatic carbocycles. The maximum atomic E-state index is 3.70. The molecule has 0 bridgehead atoms. The van der Waals surface area contributed by atoms with Crippen molar-refractivity contribution in [2.45, 2.75) is 39.0 Å². The molecule has 0 fully saturated rings. The SMILES string of the molecule is C=CC=C(C)CCCCCC=C. The van der Waals surface area contributed by atoms with Crippen LogP contribution in [0.25, 0.3) is 0 Å². The maximum Gasteiger partial charge on any atom is -0.0320 e. The van der Waals surface area contributed by atoms with Crippen molar-refractivity contribution in [1.82, 2.24) is 0 Å². The number of hydrogen-bond donors (Lipinski definition) is 0. The first-order valence-electron chi connectivity index (χ1n) is 4.70. The van der Waals surface area contributed by atoms with Crippen molar-refractivity contribution in [2.24, 2.45) is 0 Å². The standard InChI is InChI=1S/C12H20/c1-4-6-7-8-9-11-12(3)10-5-2/h4-5,10H,1-2,6-9,11H2,3H3. The smallest absolute Gasteiger partial charge is 0.0320 e. The predicted molar refractivity (Wildman–Crippen MR) is 57.2 cm³/mol. The Morgan fingerprint density at radius 2 is 1.92 bits per heavy atom. The molecular formula is C12H20. The average Bonchev–Trinajstić information content (AvgIpc) is 2.05. The van der Waals surface area contributed by atoms with E-state index in [2.05, 4.69) is 26.2 Å². The van der Waals surface area contributed by atoms with Gasteiger partial charge in [-0.1, -0.05) is 36.8 Å². The van der Waals surface area contributed by atoms with Gasteiger partial charge in [-0.2, -0.15) is 0 Å². The number of allylic oxidation sites excluding steroid dienone is 4. The fourth-order valence-corrected chi connectivity index (χ4v) is 1.15. The lowest BCUT2D eigenvalue weighted by Crippen LogP contribution is -1.79. The average molecular weight is 164 g/mol. The molecule has 0 aliphatic carbocycles. The summed E-state index contributed by atoms with van der Waals surface area (Å²) in [6, 6.07) is 0. The minimum Gasteiger partial charge on any atom is -0.103 e. The normalized spacial score (nSPS) is 11.2. The van der Waals surface area contributed by atoms with E-state index in [4.69, 9.17) is 0 Å². The van der Waals surface area contributed by atoms with Crippen LogP contribution >= 0.6 is 0 Å². The van der Waals surface area contributed by atoms with Gasteiger partial charge >= 0.3 is 0 Å². The summed E-state index contributed by atoms with van der Waals surface area (Å²) in [4.78, 5) is 0. The fraction of sp³-hybridized carbons (Fsp3) is 0.500. The zero-order valence-electron chi connectivity index (χ0n) is 8.18. The van der Waals surface area contributed by atoms with Crippen molar-refractivity contribution >= 4 is 0 Å². The molecule has 0 amide bonds. The van der Waals surface area contributed by atoms with E-state index in [9.17, 15) is 0 Å². The third-order valence-electron chi connectivity index (χ3n) is 1.88. The van der Waals surface area contributed by atoms with Gasteiger partial charge < -0.3 is 0 Å². The lowest BCUT2D eigenvalue weighted by Gasteiger charge is -1.99. The van der Waals surface area contributed by atoms with Gasteiger partial charge in [0.25, 0.3) is 0 Å². The molecule has 0 heterocycles. The lowest BCUT2D eigenvalue weighted by molar-refractivity contribution is 0.684. The highest BCUT2D eigenvalue weighted by atomic mass is 14.0. The van der Waals surface area contributed by atoms with E-state index in [0.29, 0.717) is 0 Å². The molecule has 68 valence electrons. The van der Waals surface area contributed by atoms with Crippen molar-refractivity contribution in [3.8, 4) is 0 Å². The van der Waals surface area contributed by atoms with Gasteiger partial charge in [0.05, 0.1) is 0 Å². The summed E-state index contributed by atoms with van der Waals surface area (Å²) in [5.41, 5.74) is 1.43. The topological polar surface area (TPSA) is 0 Å². The van der Waals surface area contributed by atoms with Crippen LogP contribution in [0, 0.1) is 0 Å². The van der Waals surface area contributed by atoms with Gasteiger partial charge in [0.1, 0.15) is 0 Å². The van der Waals surface area contributed by atoms with Crippen LogP contribution in [0.15, 0.2) is 37.0 Å². The molecule has 0 atom stereocenters. The summed E-state index contributed by atoms with van der Waals surface area (Å²) >= 11 is 0. The maximum absolute atomic E-state index is 3.70. The van der Waals surface area contributed by atoms with Gasteiger partial charge in [0, 0.05) is 0 Å². The molecule has 0 saturated heterocycles. The second-order valence-corrected chi connectivity index (χ2v) is 3.14. The van der Waals surface area contributed by atoms with Crippen molar-refractivity contribution in [2.75, 3.05) is 0 Å². The largest absolute Gasteiger partial charge is 0.103 e. The Labute approximate surface area is 76.7 Å². The molecule has 0 radical (unpaired) electrons. The predicted octanol–water partition coefficient (Wildman–Crippen LogP) is 4.26. The molecule has 0 heteroatoms. The first kappa shape index (κ1) is 11.2. The summed E-state index contributed by atoms with van der Waals surface area (Å²) in [6.45, 7) is 9.53. The van der Waals surface area contributed by atoms with Gasteiger partial charge in [-0.15, -0.1) is 6.58 Å². The third-order valence-corrected chi connectivity index (χ3v) is 1.88. The quantitative estimate of drug-likeness (QED) is 0.300. The first-order valence-corrected chi connectivity index (χ1v) is 4.70. The van der Waals surface area contributed by atoms with Crippen LogP contribution in [-0.4, -0.2) is 0 Å². The molecule has 0 saturated carbocycles. The van der Waals surface area contributed by atoms with E-state index in [0.717, 1.165) is 6.42 Å². The van der Waals surface area contributed by atoms with Crippen LogP contribution in [0.5, 0.6) is 0 Å². The summed E-state index contributed by atoms with van der Waals surface area (Å²) in [6.07, 6.45) is 12.2. The number of unbranched alkanes of at least 4 members (excludes halogenated alkanes) is 3. The Hall–Kier alpha value is -0.780. The highest BCUT2D eigenvalue weighted by Crippen LogP contribution is 2.09. The highest BCUT2D eigenvalue weighted by molar-refractivity contribution is 5.07. The summed E-state index contributed by atoms with van der Waals surface area (Å²) in [5.74, 6) is 0. The molecule has 12 heavy (non-hydrogen) atoms. The molecule has 0 spiro atoms. The zero-order chi connectivity index (χ0) is 9.23. The monoisotopic (exact) mass is 164 g/mol. The molecule has 0 N–H and O–H groups in total. The number of rotatable bonds is 7. The van der Waals surface area contributed by atoms with E-state index in [1.54, 1.807) is 0 Å². The Morgan fingerprint density at radius 3 is 2.50 bits per heavy atom. The first-order chi connectivity index (χ1) is 5.81. The van der Waals surface area contributed by atoms with Crippen LogP contribution in [-0.2, 0) is 0 Å². The van der Waals surface area contributed by atoms with E-state index < -0.39 is 0 Å². The molecule has 0 nitrogen and oxygen atoms in total. The third kappa shape index (κ3) is 7.33. The summed E-state index contributed by atoms with van der Waals surface area (Å²) in [5, 5.41) is 0. The van der Waals surface area contributed by atoms with Crippen molar-refractivity contribution in [3.63, 3.8) is 0 Å². The van der Waals surface area contributed by atoms with Crippen molar-refractivity contribution in [1.29, 1.82) is 0 Å². The van der Waals surface area contributed by atoms with Crippen LogP contribution in [0.3, 0.4) is 0 Å². The minimum absolute atomic E-state index is 1.16. The fourth-order valence-electron chi connectivity index (χ4n) is 1.15. The summed E-state index contributed by atoms with van der Waals surface area (Å²) in [7, 11) is 0. The van der Waals surface area contributed by atoms with E-state index >= 15 is 0 Å². The molecule has 0 unspecified atom stereocenters. The number of hydrogen-bond acceptors (Lipinski definition) is 0. The minimum atomic E-state index is 1.16. The van der Waals surface area contributed by atoms with Gasteiger partial charge in [-0.05, 0) is 32.6 Å². The van der Waals surface area contributed by atoms with Crippen LogP contribution in [0.4, 0.5) is 0 Å². The van der Waals surface area contributed by atoms with E-state index in [-0.39, 0.29) is 0 Å². The summed E-state index contributed by atoms with van der Waals surface area (Å²) < 4.78 is 0. The molecule has 0 rings (SSSR count). The van der Waals surface area contributed by atoms with Gasteiger partial charge in [0.2, 0.25) is 0 Å². The molecule has 0 aromatic heterocycles.